The van der Waals surface area contributed by atoms with Gasteiger partial charge in [-0.1, -0.05) is 0 Å². The van der Waals surface area contributed by atoms with Crippen LogP contribution in [0.3, 0.4) is 0 Å². The molecule has 0 bridgehead atoms. The predicted octanol–water partition coefficient (Wildman–Crippen LogP) is 1.33. The first-order valence-electron chi connectivity index (χ1n) is 4.63. The molecule has 0 aliphatic carbocycles. The van der Waals surface area contributed by atoms with Gasteiger partial charge in [0.1, 0.15) is 6.33 Å². The molecule has 0 aliphatic heterocycles. The van der Waals surface area contributed by atoms with Gasteiger partial charge in [-0.3, -0.25) is 9.78 Å². The van der Waals surface area contributed by atoms with E-state index >= 15 is 0 Å². The fourth-order valence-corrected chi connectivity index (χ4v) is 2.15. The number of aromatic amines is 1. The lowest BCUT2D eigenvalue weighted by atomic mass is 10.3. The van der Waals surface area contributed by atoms with Gasteiger partial charge in [0.2, 0.25) is 0 Å². The Morgan fingerprint density at radius 1 is 1.44 bits per heavy atom. The highest BCUT2D eigenvalue weighted by Crippen LogP contribution is 2.25. The molecule has 0 unspecified atom stereocenters. The number of aryl methyl sites for hydroxylation is 1. The van der Waals surface area contributed by atoms with Crippen LogP contribution in [0.5, 0.6) is 0 Å². The lowest BCUT2D eigenvalue weighted by molar-refractivity contribution is 0.768. The normalized spacial score (nSPS) is 10.8. The average Bonchev–Trinajstić information content (AvgIpc) is 2.97. The molecule has 0 saturated carbocycles. The van der Waals surface area contributed by atoms with Crippen LogP contribution in [0.2, 0.25) is 0 Å². The fraction of sp³-hybridized carbons (Fsp3) is 0.111. The molecule has 0 atom stereocenters. The van der Waals surface area contributed by atoms with Gasteiger partial charge in [-0.05, 0) is 0 Å². The van der Waals surface area contributed by atoms with Crippen LogP contribution in [-0.4, -0.2) is 29.9 Å². The molecule has 0 saturated heterocycles. The quantitative estimate of drug-likeness (QED) is 0.723. The summed E-state index contributed by atoms with van der Waals surface area (Å²) in [5.74, 6) is 0.695. The summed E-state index contributed by atoms with van der Waals surface area (Å²) < 4.78 is 1.75. The average molecular weight is 232 g/mol. The lowest BCUT2D eigenvalue weighted by Crippen LogP contribution is -1.84. The number of nitrogens with zero attached hydrogens (tertiary/aromatic N) is 5. The zero-order valence-corrected chi connectivity index (χ0v) is 9.27. The number of H-pyrrole nitrogens is 1. The number of hydrogen-bond acceptors (Lipinski definition) is 5. The molecule has 6 nitrogen and oxygen atoms in total. The van der Waals surface area contributed by atoms with Crippen molar-refractivity contribution in [2.45, 2.75) is 0 Å². The molecular weight excluding hydrogens is 224 g/mol. The van der Waals surface area contributed by atoms with E-state index < -0.39 is 0 Å². The molecule has 0 amide bonds. The summed E-state index contributed by atoms with van der Waals surface area (Å²) in [5, 5.41) is 13.5. The standard InChI is InChI=1S/C9H8N6S/c1-15-3-6(2-12-15)7-4-16-9(13-7)8-10-5-11-14-8/h2-5H,1H3,(H,10,11,14). The molecule has 0 radical (unpaired) electrons. The summed E-state index contributed by atoms with van der Waals surface area (Å²) in [7, 11) is 1.88. The summed E-state index contributed by atoms with van der Waals surface area (Å²) in [4.78, 5) is 8.53. The van der Waals surface area contributed by atoms with E-state index in [4.69, 9.17) is 0 Å². The van der Waals surface area contributed by atoms with Crippen LogP contribution in [0.25, 0.3) is 22.1 Å². The van der Waals surface area contributed by atoms with E-state index in [1.165, 1.54) is 17.7 Å². The molecule has 0 aliphatic rings. The third-order valence-electron chi connectivity index (χ3n) is 2.12. The minimum Gasteiger partial charge on any atom is -0.275 e. The van der Waals surface area contributed by atoms with E-state index in [0.29, 0.717) is 5.82 Å². The first-order chi connectivity index (χ1) is 7.83. The van der Waals surface area contributed by atoms with E-state index in [-0.39, 0.29) is 0 Å². The molecule has 7 heteroatoms. The van der Waals surface area contributed by atoms with Gasteiger partial charge in [0.15, 0.2) is 10.8 Å². The maximum absolute atomic E-state index is 4.47. The molecule has 0 fully saturated rings. The zero-order chi connectivity index (χ0) is 11.0. The summed E-state index contributed by atoms with van der Waals surface area (Å²) in [6.07, 6.45) is 5.19. The number of aromatic nitrogens is 6. The fourth-order valence-electron chi connectivity index (χ4n) is 1.38. The van der Waals surface area contributed by atoms with Crippen LogP contribution >= 0.6 is 11.3 Å². The molecule has 16 heavy (non-hydrogen) atoms. The highest BCUT2D eigenvalue weighted by molar-refractivity contribution is 7.13. The number of hydrogen-bond donors (Lipinski definition) is 1. The number of thiazole rings is 1. The van der Waals surface area contributed by atoms with Crippen molar-refractivity contribution >= 4 is 11.3 Å². The molecule has 80 valence electrons. The van der Waals surface area contributed by atoms with Crippen molar-refractivity contribution in [3.63, 3.8) is 0 Å². The third kappa shape index (κ3) is 1.50. The number of nitrogens with one attached hydrogen (secondary N) is 1. The molecule has 3 rings (SSSR count). The van der Waals surface area contributed by atoms with Crippen molar-refractivity contribution in [3.8, 4) is 22.1 Å². The first kappa shape index (κ1) is 9.22. The topological polar surface area (TPSA) is 72.3 Å². The molecule has 3 aromatic heterocycles. The molecule has 3 aromatic rings. The van der Waals surface area contributed by atoms with Crippen molar-refractivity contribution in [1.29, 1.82) is 0 Å². The van der Waals surface area contributed by atoms with E-state index in [1.54, 1.807) is 10.9 Å². The molecule has 3 heterocycles. The Morgan fingerprint density at radius 3 is 3.06 bits per heavy atom. The first-order valence-corrected chi connectivity index (χ1v) is 5.51. The Morgan fingerprint density at radius 2 is 2.38 bits per heavy atom. The van der Waals surface area contributed by atoms with Gasteiger partial charge in [0.05, 0.1) is 11.9 Å². The highest BCUT2D eigenvalue weighted by Gasteiger charge is 2.09. The van der Waals surface area contributed by atoms with E-state index in [0.717, 1.165) is 16.3 Å². The lowest BCUT2D eigenvalue weighted by Gasteiger charge is -1.88. The van der Waals surface area contributed by atoms with Crippen LogP contribution in [0.15, 0.2) is 24.1 Å². The minimum absolute atomic E-state index is 0.695. The SMILES string of the molecule is Cn1cc(-c2csc(-c3ncn[nH]3)n2)cn1. The summed E-state index contributed by atoms with van der Waals surface area (Å²) in [6, 6.07) is 0. The predicted molar refractivity (Wildman–Crippen MR) is 59.7 cm³/mol. The van der Waals surface area contributed by atoms with Gasteiger partial charge >= 0.3 is 0 Å². The molecule has 1 N–H and O–H groups in total. The van der Waals surface area contributed by atoms with Gasteiger partial charge in [-0.15, -0.1) is 11.3 Å². The Hall–Kier alpha value is -2.02. The maximum atomic E-state index is 4.47. The van der Waals surface area contributed by atoms with E-state index in [9.17, 15) is 0 Å². The van der Waals surface area contributed by atoms with Crippen molar-refractivity contribution in [2.24, 2.45) is 7.05 Å². The van der Waals surface area contributed by atoms with Gasteiger partial charge in [-0.25, -0.2) is 9.97 Å². The second kappa shape index (κ2) is 3.53. The van der Waals surface area contributed by atoms with Crippen LogP contribution in [-0.2, 0) is 7.05 Å². The Kier molecular flexibility index (Phi) is 2.03. The number of rotatable bonds is 2. The Balaban J connectivity index is 2.00. The van der Waals surface area contributed by atoms with E-state index in [1.807, 2.05) is 18.6 Å². The second-order valence-electron chi connectivity index (χ2n) is 3.27. The monoisotopic (exact) mass is 232 g/mol. The smallest absolute Gasteiger partial charge is 0.184 e. The molecule has 0 aromatic carbocycles. The van der Waals surface area contributed by atoms with Crippen molar-refractivity contribution in [3.05, 3.63) is 24.1 Å². The summed E-state index contributed by atoms with van der Waals surface area (Å²) in [5.41, 5.74) is 1.91. The van der Waals surface area contributed by atoms with Gasteiger partial charge in [0, 0.05) is 24.2 Å². The van der Waals surface area contributed by atoms with Crippen LogP contribution in [0.4, 0.5) is 0 Å². The molecular formula is C9H8N6S. The van der Waals surface area contributed by atoms with Crippen LogP contribution < -0.4 is 0 Å². The third-order valence-corrected chi connectivity index (χ3v) is 2.97. The van der Waals surface area contributed by atoms with Crippen molar-refractivity contribution in [2.75, 3.05) is 0 Å². The van der Waals surface area contributed by atoms with Crippen molar-refractivity contribution < 1.29 is 0 Å². The van der Waals surface area contributed by atoms with Crippen LogP contribution in [0.1, 0.15) is 0 Å². The highest BCUT2D eigenvalue weighted by atomic mass is 32.1. The van der Waals surface area contributed by atoms with Gasteiger partial charge < -0.3 is 0 Å². The second-order valence-corrected chi connectivity index (χ2v) is 4.13. The molecule has 0 spiro atoms. The van der Waals surface area contributed by atoms with E-state index in [2.05, 4.69) is 25.3 Å². The summed E-state index contributed by atoms with van der Waals surface area (Å²) >= 11 is 1.53. The summed E-state index contributed by atoms with van der Waals surface area (Å²) in [6.45, 7) is 0. The van der Waals surface area contributed by atoms with Gasteiger partial charge in [0.25, 0.3) is 0 Å². The zero-order valence-electron chi connectivity index (χ0n) is 8.45. The Labute approximate surface area is 95.0 Å². The van der Waals surface area contributed by atoms with Crippen molar-refractivity contribution in [1.82, 2.24) is 29.9 Å². The largest absolute Gasteiger partial charge is 0.275 e. The van der Waals surface area contributed by atoms with Crippen LogP contribution in [0, 0.1) is 0 Å². The minimum atomic E-state index is 0.695. The maximum Gasteiger partial charge on any atom is 0.184 e. The Bertz CT molecular complexity index is 593. The van der Waals surface area contributed by atoms with Gasteiger partial charge in [-0.2, -0.15) is 10.2 Å².